The van der Waals surface area contributed by atoms with Crippen molar-refractivity contribution in [1.29, 1.82) is 0 Å². The number of carbonyl (C=O) groups is 1. The Balaban J connectivity index is 1.82. The molecule has 0 fully saturated rings. The average Bonchev–Trinajstić information content (AvgIpc) is 3.17. The zero-order chi connectivity index (χ0) is 18.4. The van der Waals surface area contributed by atoms with Gasteiger partial charge in [-0.3, -0.25) is 4.79 Å². The van der Waals surface area contributed by atoms with E-state index >= 15 is 0 Å². The van der Waals surface area contributed by atoms with Crippen LogP contribution in [0.4, 0.5) is 5.69 Å². The number of aromatic nitrogens is 2. The van der Waals surface area contributed by atoms with Crippen molar-refractivity contribution in [3.8, 4) is 11.4 Å². The predicted molar refractivity (Wildman–Crippen MR) is 103 cm³/mol. The number of nitrogens with two attached hydrogens (primary N) is 1. The summed E-state index contributed by atoms with van der Waals surface area (Å²) < 4.78 is 7.67. The van der Waals surface area contributed by atoms with Gasteiger partial charge in [0.15, 0.2) is 5.76 Å². The summed E-state index contributed by atoms with van der Waals surface area (Å²) in [5.41, 5.74) is 8.09. The van der Waals surface area contributed by atoms with E-state index in [1.54, 1.807) is 18.3 Å². The van der Waals surface area contributed by atoms with Gasteiger partial charge in [0, 0.05) is 41.0 Å². The minimum Gasteiger partial charge on any atom is -0.450 e. The van der Waals surface area contributed by atoms with Gasteiger partial charge in [-0.2, -0.15) is 0 Å². The van der Waals surface area contributed by atoms with Crippen LogP contribution in [-0.2, 0) is 7.05 Å². The fourth-order valence-electron chi connectivity index (χ4n) is 2.86. The Labute approximate surface area is 158 Å². The molecule has 0 aliphatic carbocycles. The molecular formula is C19H13Cl2N3O2. The van der Waals surface area contributed by atoms with Gasteiger partial charge in [0.05, 0.1) is 10.7 Å². The minimum atomic E-state index is -0.390. The Hall–Kier alpha value is -2.76. The van der Waals surface area contributed by atoms with Crippen molar-refractivity contribution in [1.82, 2.24) is 9.55 Å². The van der Waals surface area contributed by atoms with Gasteiger partial charge < -0.3 is 14.7 Å². The fraction of sp³-hybridized carbons (Fsp3) is 0.0526. The zero-order valence-corrected chi connectivity index (χ0v) is 15.2. The smallest absolute Gasteiger partial charge is 0.231 e. The first-order chi connectivity index (χ1) is 12.5. The van der Waals surface area contributed by atoms with Gasteiger partial charge in [0.25, 0.3) is 0 Å². The summed E-state index contributed by atoms with van der Waals surface area (Å²) in [5.74, 6) is 0.454. The van der Waals surface area contributed by atoms with Gasteiger partial charge in [-0.1, -0.05) is 29.3 Å². The third-order valence-electron chi connectivity index (χ3n) is 4.19. The van der Waals surface area contributed by atoms with Crippen LogP contribution in [0, 0.1) is 0 Å². The number of aryl methyl sites for hydroxylation is 1. The number of imidazole rings is 1. The predicted octanol–water partition coefficient (Wildman–Crippen LogP) is 4.95. The second-order valence-electron chi connectivity index (χ2n) is 5.87. The Morgan fingerprint density at radius 1 is 1.19 bits per heavy atom. The van der Waals surface area contributed by atoms with Crippen LogP contribution >= 0.6 is 23.2 Å². The summed E-state index contributed by atoms with van der Waals surface area (Å²) >= 11 is 12.0. The van der Waals surface area contributed by atoms with E-state index in [4.69, 9.17) is 33.4 Å². The molecule has 0 unspecified atom stereocenters. The molecule has 0 amide bonds. The lowest BCUT2D eigenvalue weighted by molar-refractivity contribution is 0.101. The first-order valence-electron chi connectivity index (χ1n) is 7.75. The molecule has 0 aliphatic rings. The number of ketones is 1. The molecule has 2 aromatic carbocycles. The second-order valence-corrected chi connectivity index (χ2v) is 6.71. The molecule has 0 atom stereocenters. The molecule has 5 nitrogen and oxygen atoms in total. The SMILES string of the molecule is Cn1ccnc1-c1ccc2c(N)c(C(=O)c3ccc(Cl)cc3Cl)oc2c1. The Morgan fingerprint density at radius 3 is 2.69 bits per heavy atom. The van der Waals surface area contributed by atoms with Crippen LogP contribution in [0.5, 0.6) is 0 Å². The molecule has 2 heterocycles. The molecule has 0 spiro atoms. The summed E-state index contributed by atoms with van der Waals surface area (Å²) in [6, 6.07) is 10.2. The number of carbonyl (C=O) groups excluding carboxylic acids is 1. The molecule has 26 heavy (non-hydrogen) atoms. The standard InChI is InChI=1S/C19H13Cl2N3O2/c1-24-7-6-23-19(24)10-2-4-13-15(8-10)26-18(16(13)22)17(25)12-5-3-11(20)9-14(12)21/h2-9H,22H2,1H3. The number of rotatable bonds is 3. The molecule has 2 N–H and O–H groups in total. The molecule has 7 heteroatoms. The number of fused-ring (bicyclic) bond motifs is 1. The maximum absolute atomic E-state index is 12.8. The molecule has 0 bridgehead atoms. The average molecular weight is 386 g/mol. The van der Waals surface area contributed by atoms with E-state index in [1.165, 1.54) is 6.07 Å². The number of benzene rings is 2. The molecule has 4 rings (SSSR count). The quantitative estimate of drug-likeness (QED) is 0.506. The lowest BCUT2D eigenvalue weighted by Gasteiger charge is -2.02. The molecule has 2 aromatic heterocycles. The third kappa shape index (κ3) is 2.66. The summed E-state index contributed by atoms with van der Waals surface area (Å²) in [5, 5.41) is 1.36. The number of nitrogens with zero attached hydrogens (tertiary/aromatic N) is 2. The van der Waals surface area contributed by atoms with Crippen molar-refractivity contribution in [2.45, 2.75) is 0 Å². The molecule has 0 aliphatic heterocycles. The Kier molecular flexibility index (Phi) is 3.98. The first kappa shape index (κ1) is 16.7. The van der Waals surface area contributed by atoms with Gasteiger partial charge in [0.2, 0.25) is 5.78 Å². The summed E-state index contributed by atoms with van der Waals surface area (Å²) in [7, 11) is 1.90. The highest BCUT2D eigenvalue weighted by molar-refractivity contribution is 6.37. The molecule has 0 saturated carbocycles. The second kappa shape index (κ2) is 6.20. The number of nitrogen functional groups attached to an aromatic ring is 1. The van der Waals surface area contributed by atoms with Gasteiger partial charge in [0.1, 0.15) is 11.4 Å². The van der Waals surface area contributed by atoms with Crippen molar-refractivity contribution in [2.75, 3.05) is 5.73 Å². The van der Waals surface area contributed by atoms with Gasteiger partial charge in [-0.25, -0.2) is 4.98 Å². The van der Waals surface area contributed by atoms with E-state index in [2.05, 4.69) is 4.98 Å². The van der Waals surface area contributed by atoms with Crippen molar-refractivity contribution in [3.05, 3.63) is 70.2 Å². The van der Waals surface area contributed by atoms with Crippen molar-refractivity contribution in [3.63, 3.8) is 0 Å². The molecular weight excluding hydrogens is 373 g/mol. The normalized spacial score (nSPS) is 11.2. The molecule has 4 aromatic rings. The minimum absolute atomic E-state index is 0.0567. The Morgan fingerprint density at radius 2 is 2.00 bits per heavy atom. The van der Waals surface area contributed by atoms with E-state index in [-0.39, 0.29) is 27.8 Å². The molecule has 0 radical (unpaired) electrons. The number of hydrogen-bond donors (Lipinski definition) is 1. The van der Waals surface area contributed by atoms with Crippen molar-refractivity contribution >= 4 is 45.6 Å². The van der Waals surface area contributed by atoms with Crippen LogP contribution in [0.3, 0.4) is 0 Å². The van der Waals surface area contributed by atoms with E-state index in [0.29, 0.717) is 16.0 Å². The van der Waals surface area contributed by atoms with E-state index in [0.717, 1.165) is 11.4 Å². The van der Waals surface area contributed by atoms with Gasteiger partial charge in [-0.05, 0) is 30.3 Å². The maximum Gasteiger partial charge on any atom is 0.231 e. The number of hydrogen-bond acceptors (Lipinski definition) is 4. The number of anilines is 1. The topological polar surface area (TPSA) is 74.1 Å². The molecule has 0 saturated heterocycles. The van der Waals surface area contributed by atoms with E-state index < -0.39 is 0 Å². The van der Waals surface area contributed by atoms with Crippen LogP contribution in [0.15, 0.2) is 53.2 Å². The lowest BCUT2D eigenvalue weighted by Crippen LogP contribution is -2.03. The van der Waals surface area contributed by atoms with Crippen LogP contribution < -0.4 is 5.73 Å². The number of furan rings is 1. The van der Waals surface area contributed by atoms with Gasteiger partial charge >= 0.3 is 0 Å². The van der Waals surface area contributed by atoms with Crippen molar-refractivity contribution in [2.24, 2.45) is 7.05 Å². The largest absolute Gasteiger partial charge is 0.450 e. The Bertz CT molecular complexity index is 1160. The summed E-state index contributed by atoms with van der Waals surface area (Å²) in [6.45, 7) is 0. The van der Waals surface area contributed by atoms with E-state index in [1.807, 2.05) is 36.0 Å². The van der Waals surface area contributed by atoms with Crippen LogP contribution in [0.2, 0.25) is 10.0 Å². The fourth-order valence-corrected chi connectivity index (χ4v) is 3.36. The van der Waals surface area contributed by atoms with Gasteiger partial charge in [-0.15, -0.1) is 0 Å². The monoisotopic (exact) mass is 385 g/mol. The summed E-state index contributed by atoms with van der Waals surface area (Å²) in [6.07, 6.45) is 3.57. The van der Waals surface area contributed by atoms with Crippen LogP contribution in [0.25, 0.3) is 22.4 Å². The van der Waals surface area contributed by atoms with E-state index in [9.17, 15) is 4.79 Å². The number of halogens is 2. The first-order valence-corrected chi connectivity index (χ1v) is 8.51. The lowest BCUT2D eigenvalue weighted by atomic mass is 10.1. The highest BCUT2D eigenvalue weighted by Gasteiger charge is 2.22. The van der Waals surface area contributed by atoms with Crippen LogP contribution in [-0.4, -0.2) is 15.3 Å². The van der Waals surface area contributed by atoms with Crippen molar-refractivity contribution < 1.29 is 9.21 Å². The zero-order valence-electron chi connectivity index (χ0n) is 13.7. The maximum atomic E-state index is 12.8. The van der Waals surface area contributed by atoms with Crippen LogP contribution in [0.1, 0.15) is 16.1 Å². The highest BCUT2D eigenvalue weighted by Crippen LogP contribution is 2.34. The molecule has 130 valence electrons. The summed E-state index contributed by atoms with van der Waals surface area (Å²) in [4.78, 5) is 17.1. The highest BCUT2D eigenvalue weighted by atomic mass is 35.5. The third-order valence-corrected chi connectivity index (χ3v) is 4.74.